The first-order valence-electron chi connectivity index (χ1n) is 9.23. The molecule has 0 aromatic carbocycles. The van der Waals surface area contributed by atoms with Crippen molar-refractivity contribution in [2.45, 2.75) is 38.3 Å². The molecule has 1 spiro atoms. The minimum atomic E-state index is -0.483. The van der Waals surface area contributed by atoms with Crippen LogP contribution in [0.1, 0.15) is 30.5 Å². The van der Waals surface area contributed by atoms with Crippen molar-refractivity contribution < 1.29 is 14.3 Å². The molecule has 2 saturated heterocycles. The van der Waals surface area contributed by atoms with Crippen LogP contribution in [0, 0.1) is 12.8 Å². The third kappa shape index (κ3) is 3.38. The molecule has 1 unspecified atom stereocenters. The molecule has 0 saturated carbocycles. The molecule has 2 aliphatic rings. The van der Waals surface area contributed by atoms with Crippen molar-refractivity contribution >= 4 is 23.5 Å². The summed E-state index contributed by atoms with van der Waals surface area (Å²) in [5.74, 6) is -0.708. The number of likely N-dealkylation sites (tertiary alicyclic amines) is 2. The number of halogens is 1. The minimum Gasteiger partial charge on any atom is -0.469 e. The Hall–Kier alpha value is -1.86. The molecule has 3 heterocycles. The van der Waals surface area contributed by atoms with Crippen LogP contribution in [0.2, 0.25) is 5.15 Å². The molecule has 1 aromatic rings. The van der Waals surface area contributed by atoms with Crippen LogP contribution in [0.4, 0.5) is 0 Å². The first kappa shape index (κ1) is 19.9. The van der Waals surface area contributed by atoms with Gasteiger partial charge in [-0.15, -0.1) is 6.58 Å². The number of rotatable bonds is 5. The summed E-state index contributed by atoms with van der Waals surface area (Å²) in [6.07, 6.45) is 3.39. The summed E-state index contributed by atoms with van der Waals surface area (Å²) in [6, 6.07) is 0. The van der Waals surface area contributed by atoms with Gasteiger partial charge in [0, 0.05) is 45.2 Å². The molecule has 0 N–H and O–H groups in total. The van der Waals surface area contributed by atoms with Gasteiger partial charge in [0.25, 0.3) is 0 Å². The second kappa shape index (κ2) is 7.64. The van der Waals surface area contributed by atoms with Crippen LogP contribution in [0.15, 0.2) is 12.7 Å². The summed E-state index contributed by atoms with van der Waals surface area (Å²) in [5.41, 5.74) is 1.48. The fraction of sp³-hybridized carbons (Fsp3) is 0.632. The molecule has 1 amide bonds. The number of aryl methyl sites for hydroxylation is 2. The summed E-state index contributed by atoms with van der Waals surface area (Å²) < 4.78 is 6.69. The van der Waals surface area contributed by atoms with Gasteiger partial charge in [-0.3, -0.25) is 19.2 Å². The minimum absolute atomic E-state index is 0.00454. The highest BCUT2D eigenvalue weighted by molar-refractivity contribution is 6.30. The van der Waals surface area contributed by atoms with E-state index in [4.69, 9.17) is 16.3 Å². The van der Waals surface area contributed by atoms with E-state index in [9.17, 15) is 9.59 Å². The Balaban J connectivity index is 1.78. The first-order chi connectivity index (χ1) is 12.8. The molecule has 1 atom stereocenters. The number of carbonyl (C=O) groups is 2. The molecule has 8 heteroatoms. The molecule has 148 valence electrons. The maximum Gasteiger partial charge on any atom is 0.311 e. The van der Waals surface area contributed by atoms with Gasteiger partial charge < -0.3 is 9.64 Å². The van der Waals surface area contributed by atoms with Gasteiger partial charge in [-0.05, 0) is 19.8 Å². The largest absolute Gasteiger partial charge is 0.469 e. The van der Waals surface area contributed by atoms with Crippen LogP contribution in [-0.2, 0) is 27.9 Å². The van der Waals surface area contributed by atoms with E-state index >= 15 is 0 Å². The maximum absolute atomic E-state index is 12.6. The van der Waals surface area contributed by atoms with Crippen molar-refractivity contribution in [1.82, 2.24) is 19.6 Å². The third-order valence-corrected chi connectivity index (χ3v) is 6.51. The normalized spacial score (nSPS) is 22.4. The average molecular weight is 395 g/mol. The molecular formula is C19H27ClN4O3. The highest BCUT2D eigenvalue weighted by Gasteiger charge is 2.56. The van der Waals surface area contributed by atoms with E-state index in [0.717, 1.165) is 37.2 Å². The number of piperidine rings is 1. The van der Waals surface area contributed by atoms with E-state index in [1.54, 1.807) is 10.8 Å². The van der Waals surface area contributed by atoms with E-state index in [1.165, 1.54) is 7.11 Å². The SMILES string of the molecule is C=CCN1C(=O)CC(C(=O)OC)C12CCN(Cc1c(C)nn(C)c1Cl)CC2. The van der Waals surface area contributed by atoms with E-state index < -0.39 is 11.5 Å². The number of carbonyl (C=O) groups excluding carboxylic acids is 2. The van der Waals surface area contributed by atoms with E-state index in [2.05, 4.69) is 16.6 Å². The van der Waals surface area contributed by atoms with Crippen LogP contribution in [-0.4, -0.2) is 63.7 Å². The van der Waals surface area contributed by atoms with Gasteiger partial charge in [0.2, 0.25) is 5.91 Å². The molecule has 2 aliphatic heterocycles. The number of hydrogen-bond donors (Lipinski definition) is 0. The molecule has 2 fully saturated rings. The lowest BCUT2D eigenvalue weighted by molar-refractivity contribution is -0.150. The van der Waals surface area contributed by atoms with E-state index in [1.807, 2.05) is 18.9 Å². The highest BCUT2D eigenvalue weighted by atomic mass is 35.5. The monoisotopic (exact) mass is 394 g/mol. The van der Waals surface area contributed by atoms with Gasteiger partial charge in [-0.1, -0.05) is 17.7 Å². The zero-order valence-electron chi connectivity index (χ0n) is 16.2. The van der Waals surface area contributed by atoms with Crippen LogP contribution in [0.25, 0.3) is 0 Å². The summed E-state index contributed by atoms with van der Waals surface area (Å²) >= 11 is 6.37. The van der Waals surface area contributed by atoms with Crippen molar-refractivity contribution in [3.63, 3.8) is 0 Å². The number of esters is 1. The summed E-state index contributed by atoms with van der Waals surface area (Å²) in [6.45, 7) is 8.46. The number of nitrogens with zero attached hydrogens (tertiary/aromatic N) is 4. The Morgan fingerprint density at radius 2 is 2.11 bits per heavy atom. The van der Waals surface area contributed by atoms with E-state index in [0.29, 0.717) is 18.2 Å². The Labute approximate surface area is 164 Å². The quantitative estimate of drug-likeness (QED) is 0.563. The highest BCUT2D eigenvalue weighted by Crippen LogP contribution is 2.44. The van der Waals surface area contributed by atoms with Crippen molar-refractivity contribution in [2.24, 2.45) is 13.0 Å². The summed E-state index contributed by atoms with van der Waals surface area (Å²) in [5, 5.41) is 5.03. The van der Waals surface area contributed by atoms with Crippen molar-refractivity contribution in [3.05, 3.63) is 29.1 Å². The van der Waals surface area contributed by atoms with Crippen LogP contribution in [0.3, 0.4) is 0 Å². The van der Waals surface area contributed by atoms with Gasteiger partial charge >= 0.3 is 5.97 Å². The number of hydrogen-bond acceptors (Lipinski definition) is 5. The van der Waals surface area contributed by atoms with Crippen molar-refractivity contribution in [3.8, 4) is 0 Å². The predicted octanol–water partition coefficient (Wildman–Crippen LogP) is 1.92. The lowest BCUT2D eigenvalue weighted by Gasteiger charge is -2.46. The number of amides is 1. The van der Waals surface area contributed by atoms with E-state index in [-0.39, 0.29) is 18.3 Å². The molecule has 0 bridgehead atoms. The van der Waals surface area contributed by atoms with Crippen molar-refractivity contribution in [2.75, 3.05) is 26.7 Å². The molecule has 0 aliphatic carbocycles. The fourth-order valence-electron chi connectivity index (χ4n) is 4.56. The first-order valence-corrected chi connectivity index (χ1v) is 9.61. The Kier molecular flexibility index (Phi) is 5.63. The molecule has 3 rings (SSSR count). The summed E-state index contributed by atoms with van der Waals surface area (Å²) in [7, 11) is 3.22. The van der Waals surface area contributed by atoms with Gasteiger partial charge in [0.1, 0.15) is 5.15 Å². The van der Waals surface area contributed by atoms with Gasteiger partial charge in [-0.2, -0.15) is 5.10 Å². The lowest BCUT2D eigenvalue weighted by Crippen LogP contribution is -2.57. The molecular weight excluding hydrogens is 368 g/mol. The Morgan fingerprint density at radius 3 is 2.63 bits per heavy atom. The average Bonchev–Trinajstić information content (AvgIpc) is 3.05. The number of ether oxygens (including phenoxy) is 1. The van der Waals surface area contributed by atoms with Crippen molar-refractivity contribution in [1.29, 1.82) is 0 Å². The predicted molar refractivity (Wildman–Crippen MR) is 102 cm³/mol. The molecule has 7 nitrogen and oxygen atoms in total. The Bertz CT molecular complexity index is 752. The smallest absolute Gasteiger partial charge is 0.311 e. The molecule has 0 radical (unpaired) electrons. The zero-order chi connectivity index (χ0) is 19.8. The third-order valence-electron chi connectivity index (χ3n) is 6.04. The Morgan fingerprint density at radius 1 is 1.44 bits per heavy atom. The zero-order valence-corrected chi connectivity index (χ0v) is 17.0. The summed E-state index contributed by atoms with van der Waals surface area (Å²) in [4.78, 5) is 29.1. The molecule has 1 aromatic heterocycles. The number of methoxy groups -OCH3 is 1. The van der Waals surface area contributed by atoms with Gasteiger partial charge in [0.05, 0.1) is 24.3 Å². The lowest BCUT2D eigenvalue weighted by atomic mass is 9.76. The standard InChI is InChI=1S/C19H27ClN4O3/c1-5-8-24-16(25)11-15(18(26)27-4)19(24)6-9-23(10-7-19)12-14-13(2)21-22(3)17(14)20/h5,15H,1,6-12H2,2-4H3. The topological polar surface area (TPSA) is 67.7 Å². The van der Waals surface area contributed by atoms with Crippen LogP contribution < -0.4 is 0 Å². The van der Waals surface area contributed by atoms with Gasteiger partial charge in [-0.25, -0.2) is 0 Å². The fourth-order valence-corrected chi connectivity index (χ4v) is 4.80. The second-order valence-electron chi connectivity index (χ2n) is 7.43. The van der Waals surface area contributed by atoms with Crippen LogP contribution in [0.5, 0.6) is 0 Å². The number of aromatic nitrogens is 2. The molecule has 27 heavy (non-hydrogen) atoms. The maximum atomic E-state index is 12.6. The second-order valence-corrected chi connectivity index (χ2v) is 7.79. The van der Waals surface area contributed by atoms with Gasteiger partial charge in [0.15, 0.2) is 0 Å². The van der Waals surface area contributed by atoms with Crippen LogP contribution >= 0.6 is 11.6 Å².